The first-order valence-electron chi connectivity index (χ1n) is 11.7. The van der Waals surface area contributed by atoms with E-state index < -0.39 is 0 Å². The summed E-state index contributed by atoms with van der Waals surface area (Å²) in [5.74, 6) is 0.678. The molecule has 0 saturated carbocycles. The van der Waals surface area contributed by atoms with Crippen molar-refractivity contribution in [1.29, 1.82) is 0 Å². The number of hydrogen-bond donors (Lipinski definition) is 2. The van der Waals surface area contributed by atoms with E-state index in [2.05, 4.69) is 53.6 Å². The molecule has 2 aromatic carbocycles. The highest BCUT2D eigenvalue weighted by Gasteiger charge is 2.20. The maximum atomic E-state index is 14.1. The highest BCUT2D eigenvalue weighted by atomic mass is 19.1. The highest BCUT2D eigenvalue weighted by Crippen LogP contribution is 2.16. The number of likely N-dealkylation sites (tertiary alicyclic amines) is 1. The minimum atomic E-state index is -0.158. The summed E-state index contributed by atoms with van der Waals surface area (Å²) in [4.78, 5) is 9.27. The minimum absolute atomic E-state index is 0.158. The van der Waals surface area contributed by atoms with Crippen molar-refractivity contribution >= 4 is 5.96 Å². The largest absolute Gasteiger partial charge is 0.357 e. The van der Waals surface area contributed by atoms with Crippen molar-refractivity contribution in [3.8, 4) is 0 Å². The van der Waals surface area contributed by atoms with Gasteiger partial charge in [0.2, 0.25) is 0 Å². The predicted octanol–water partition coefficient (Wildman–Crippen LogP) is 3.92. The SMILES string of the molecule is CCNC(=NCc1ccc(F)c(CN(C)C)c1)NC1CCN(Cc2cccc(C)c2)CC1. The molecule has 1 fully saturated rings. The molecule has 0 spiro atoms. The van der Waals surface area contributed by atoms with Crippen molar-refractivity contribution < 1.29 is 4.39 Å². The van der Waals surface area contributed by atoms with Gasteiger partial charge < -0.3 is 15.5 Å². The third-order valence-corrected chi connectivity index (χ3v) is 5.78. The average Bonchev–Trinajstić information content (AvgIpc) is 2.75. The van der Waals surface area contributed by atoms with Crippen LogP contribution in [-0.2, 0) is 19.6 Å². The molecule has 0 atom stereocenters. The molecule has 0 unspecified atom stereocenters. The van der Waals surface area contributed by atoms with Gasteiger partial charge in [-0.05, 0) is 64.0 Å². The first-order chi connectivity index (χ1) is 15.4. The van der Waals surface area contributed by atoms with Gasteiger partial charge in [-0.2, -0.15) is 0 Å². The number of aliphatic imine (C=N–C) groups is 1. The molecule has 1 heterocycles. The van der Waals surface area contributed by atoms with Gasteiger partial charge >= 0.3 is 0 Å². The van der Waals surface area contributed by atoms with Gasteiger partial charge in [-0.25, -0.2) is 9.38 Å². The van der Waals surface area contributed by atoms with Crippen LogP contribution in [0.2, 0.25) is 0 Å². The third kappa shape index (κ3) is 7.61. The fourth-order valence-corrected chi connectivity index (χ4v) is 4.18. The van der Waals surface area contributed by atoms with Crippen LogP contribution in [-0.4, -0.2) is 55.5 Å². The molecule has 0 amide bonds. The average molecular weight is 440 g/mol. The van der Waals surface area contributed by atoms with Crippen LogP contribution in [0.4, 0.5) is 4.39 Å². The number of aryl methyl sites for hydroxylation is 1. The molecular weight excluding hydrogens is 401 g/mol. The van der Waals surface area contributed by atoms with Gasteiger partial charge in [0.1, 0.15) is 5.82 Å². The van der Waals surface area contributed by atoms with E-state index in [1.165, 1.54) is 11.1 Å². The van der Waals surface area contributed by atoms with E-state index in [4.69, 9.17) is 4.99 Å². The van der Waals surface area contributed by atoms with Crippen molar-refractivity contribution in [3.05, 3.63) is 70.5 Å². The zero-order valence-corrected chi connectivity index (χ0v) is 20.0. The zero-order valence-electron chi connectivity index (χ0n) is 20.0. The molecule has 1 saturated heterocycles. The van der Waals surface area contributed by atoms with Crippen molar-refractivity contribution in [1.82, 2.24) is 20.4 Å². The molecule has 2 N–H and O–H groups in total. The fourth-order valence-electron chi connectivity index (χ4n) is 4.18. The molecule has 3 rings (SSSR count). The Balaban J connectivity index is 1.53. The Morgan fingerprint density at radius 1 is 1.12 bits per heavy atom. The van der Waals surface area contributed by atoms with E-state index in [9.17, 15) is 4.39 Å². The van der Waals surface area contributed by atoms with Crippen LogP contribution in [0.3, 0.4) is 0 Å². The molecule has 32 heavy (non-hydrogen) atoms. The molecule has 0 aromatic heterocycles. The van der Waals surface area contributed by atoms with Crippen molar-refractivity contribution in [2.75, 3.05) is 33.7 Å². The van der Waals surface area contributed by atoms with Gasteiger partial charge in [-0.15, -0.1) is 0 Å². The van der Waals surface area contributed by atoms with Crippen LogP contribution in [0.5, 0.6) is 0 Å². The smallest absolute Gasteiger partial charge is 0.191 e. The number of nitrogens with one attached hydrogen (secondary N) is 2. The van der Waals surface area contributed by atoms with E-state index in [0.717, 1.165) is 50.5 Å². The van der Waals surface area contributed by atoms with Crippen molar-refractivity contribution in [2.45, 2.75) is 52.4 Å². The van der Waals surface area contributed by atoms with Crippen LogP contribution < -0.4 is 10.6 Å². The summed E-state index contributed by atoms with van der Waals surface area (Å²) in [5.41, 5.74) is 4.44. The zero-order chi connectivity index (χ0) is 22.9. The molecule has 0 radical (unpaired) electrons. The Labute approximate surface area is 192 Å². The lowest BCUT2D eigenvalue weighted by Gasteiger charge is -2.33. The Kier molecular flexibility index (Phi) is 9.06. The van der Waals surface area contributed by atoms with Crippen molar-refractivity contribution in [2.24, 2.45) is 4.99 Å². The monoisotopic (exact) mass is 439 g/mol. The normalized spacial score (nSPS) is 15.9. The molecule has 2 aromatic rings. The second kappa shape index (κ2) is 12.0. The second-order valence-electron chi connectivity index (χ2n) is 9.04. The number of benzene rings is 2. The summed E-state index contributed by atoms with van der Waals surface area (Å²) in [5, 5.41) is 6.97. The predicted molar refractivity (Wildman–Crippen MR) is 131 cm³/mol. The molecule has 174 valence electrons. The lowest BCUT2D eigenvalue weighted by atomic mass is 10.0. The van der Waals surface area contributed by atoms with Gasteiger partial charge in [-0.1, -0.05) is 35.9 Å². The maximum absolute atomic E-state index is 14.1. The van der Waals surface area contributed by atoms with Crippen LogP contribution >= 0.6 is 0 Å². The van der Waals surface area contributed by atoms with E-state index in [-0.39, 0.29) is 5.82 Å². The van der Waals surface area contributed by atoms with E-state index >= 15 is 0 Å². The Hall–Kier alpha value is -2.44. The molecule has 1 aliphatic heterocycles. The van der Waals surface area contributed by atoms with Gasteiger partial charge in [0.25, 0.3) is 0 Å². The highest BCUT2D eigenvalue weighted by molar-refractivity contribution is 5.80. The van der Waals surface area contributed by atoms with Crippen LogP contribution in [0.1, 0.15) is 42.0 Å². The standard InChI is InChI=1S/C26H38FN5/c1-5-28-26(29-17-21-9-10-25(27)23(16-21)19-31(3)4)30-24-11-13-32(14-12-24)18-22-8-6-7-20(2)15-22/h6-10,15-16,24H,5,11-14,17-19H2,1-4H3,(H2,28,29,30). The fraction of sp³-hybridized carbons (Fsp3) is 0.500. The Morgan fingerprint density at radius 2 is 1.91 bits per heavy atom. The molecule has 6 heteroatoms. The number of piperidine rings is 1. The maximum Gasteiger partial charge on any atom is 0.191 e. The number of nitrogens with zero attached hydrogens (tertiary/aromatic N) is 3. The molecule has 0 bridgehead atoms. The first-order valence-corrected chi connectivity index (χ1v) is 11.7. The number of hydrogen-bond acceptors (Lipinski definition) is 3. The summed E-state index contributed by atoms with van der Waals surface area (Å²) in [7, 11) is 3.90. The summed E-state index contributed by atoms with van der Waals surface area (Å²) < 4.78 is 14.1. The van der Waals surface area contributed by atoms with E-state index in [1.54, 1.807) is 6.07 Å². The molecule has 0 aliphatic carbocycles. The first kappa shape index (κ1) is 24.2. The lowest BCUT2D eigenvalue weighted by molar-refractivity contribution is 0.198. The summed E-state index contributed by atoms with van der Waals surface area (Å²) in [6.07, 6.45) is 2.19. The van der Waals surface area contributed by atoms with Crippen LogP contribution in [0.15, 0.2) is 47.5 Å². The summed E-state index contributed by atoms with van der Waals surface area (Å²) in [6.45, 7) is 9.33. The summed E-state index contributed by atoms with van der Waals surface area (Å²) >= 11 is 0. The number of halogens is 1. The van der Waals surface area contributed by atoms with Crippen molar-refractivity contribution in [3.63, 3.8) is 0 Å². The lowest BCUT2D eigenvalue weighted by Crippen LogP contribution is -2.48. The summed E-state index contributed by atoms with van der Waals surface area (Å²) in [6, 6.07) is 14.5. The van der Waals surface area contributed by atoms with Gasteiger partial charge in [-0.3, -0.25) is 4.90 Å². The second-order valence-corrected chi connectivity index (χ2v) is 9.04. The number of rotatable bonds is 8. The topological polar surface area (TPSA) is 42.9 Å². The van der Waals surface area contributed by atoms with Gasteiger partial charge in [0.15, 0.2) is 5.96 Å². The van der Waals surface area contributed by atoms with Gasteiger partial charge in [0.05, 0.1) is 6.54 Å². The number of guanidine groups is 1. The Bertz CT molecular complexity index is 888. The van der Waals surface area contributed by atoms with E-state index in [1.807, 2.05) is 31.1 Å². The van der Waals surface area contributed by atoms with Gasteiger partial charge in [0, 0.05) is 44.3 Å². The Morgan fingerprint density at radius 3 is 2.59 bits per heavy atom. The quantitative estimate of drug-likeness (QED) is 0.483. The molecule has 5 nitrogen and oxygen atoms in total. The van der Waals surface area contributed by atoms with Crippen LogP contribution in [0.25, 0.3) is 0 Å². The van der Waals surface area contributed by atoms with E-state index in [0.29, 0.717) is 24.7 Å². The third-order valence-electron chi connectivity index (χ3n) is 5.78. The minimum Gasteiger partial charge on any atom is -0.357 e. The molecular formula is C26H38FN5. The molecule has 1 aliphatic rings. The van der Waals surface area contributed by atoms with Crippen LogP contribution in [0, 0.1) is 12.7 Å².